The van der Waals surface area contributed by atoms with Crippen molar-refractivity contribution < 1.29 is 18.3 Å². The molecule has 132 valence electrons. The Hall–Kier alpha value is -1.32. The highest BCUT2D eigenvalue weighted by molar-refractivity contribution is 5.59. The standard InChI is InChI=1S/C20H26F2O2/c1-4-13-7-8-15(23-3)17-16(13)19-10-5-6-12(2)14(19)9-11-20(21,22)18(19)24-17/h7-8,12,14,18H,4-6,9-11H2,1-3H3/t12-,14?,18+,19-/m1/s1. The summed E-state index contributed by atoms with van der Waals surface area (Å²) in [6, 6.07) is 3.91. The van der Waals surface area contributed by atoms with Crippen molar-refractivity contribution in [1.29, 1.82) is 0 Å². The second-order valence-electron chi connectivity index (χ2n) is 7.80. The number of hydrogen-bond acceptors (Lipinski definition) is 2. The normalized spacial score (nSPS) is 36.3. The van der Waals surface area contributed by atoms with Crippen LogP contribution >= 0.6 is 0 Å². The van der Waals surface area contributed by atoms with Crippen molar-refractivity contribution in [1.82, 2.24) is 0 Å². The van der Waals surface area contributed by atoms with Gasteiger partial charge in [0.15, 0.2) is 17.6 Å². The Morgan fingerprint density at radius 2 is 2.04 bits per heavy atom. The zero-order chi connectivity index (χ0) is 17.1. The zero-order valence-electron chi connectivity index (χ0n) is 14.7. The van der Waals surface area contributed by atoms with E-state index >= 15 is 0 Å². The highest BCUT2D eigenvalue weighted by atomic mass is 19.3. The van der Waals surface area contributed by atoms with Gasteiger partial charge in [-0.05, 0) is 42.7 Å². The Morgan fingerprint density at radius 1 is 1.25 bits per heavy atom. The molecule has 2 nitrogen and oxygen atoms in total. The van der Waals surface area contributed by atoms with Crippen LogP contribution in [0.15, 0.2) is 12.1 Å². The van der Waals surface area contributed by atoms with E-state index in [4.69, 9.17) is 9.47 Å². The maximum atomic E-state index is 14.9. The average Bonchev–Trinajstić information content (AvgIpc) is 2.91. The average molecular weight is 336 g/mol. The van der Waals surface area contributed by atoms with Crippen LogP contribution in [0.3, 0.4) is 0 Å². The second kappa shape index (κ2) is 5.34. The highest BCUT2D eigenvalue weighted by Crippen LogP contribution is 2.65. The van der Waals surface area contributed by atoms with E-state index in [2.05, 4.69) is 13.8 Å². The third-order valence-corrected chi connectivity index (χ3v) is 6.75. The lowest BCUT2D eigenvalue weighted by atomic mass is 9.51. The van der Waals surface area contributed by atoms with Gasteiger partial charge in [0.1, 0.15) is 0 Å². The molecule has 1 aliphatic heterocycles. The van der Waals surface area contributed by atoms with Crippen LogP contribution in [0.25, 0.3) is 0 Å². The molecule has 1 aromatic carbocycles. The summed E-state index contributed by atoms with van der Waals surface area (Å²) in [5.74, 6) is -0.860. The molecular weight excluding hydrogens is 310 g/mol. The van der Waals surface area contributed by atoms with Gasteiger partial charge in [0.25, 0.3) is 5.92 Å². The number of hydrogen-bond donors (Lipinski definition) is 0. The first-order valence-corrected chi connectivity index (χ1v) is 9.20. The molecule has 1 spiro atoms. The Labute approximate surface area is 142 Å². The fourth-order valence-electron chi connectivity index (χ4n) is 5.77. The van der Waals surface area contributed by atoms with E-state index in [1.165, 1.54) is 0 Å². The minimum atomic E-state index is -2.78. The molecule has 1 heterocycles. The first-order chi connectivity index (χ1) is 11.5. The second-order valence-corrected chi connectivity index (χ2v) is 7.80. The number of aryl methyl sites for hydroxylation is 1. The van der Waals surface area contributed by atoms with Gasteiger partial charge in [-0.3, -0.25) is 0 Å². The third kappa shape index (κ3) is 1.91. The van der Waals surface area contributed by atoms with Crippen molar-refractivity contribution in [3.8, 4) is 11.5 Å². The predicted molar refractivity (Wildman–Crippen MR) is 89.2 cm³/mol. The molecule has 0 amide bonds. The molecule has 0 N–H and O–H groups in total. The quantitative estimate of drug-likeness (QED) is 0.746. The van der Waals surface area contributed by atoms with Crippen LogP contribution in [0.1, 0.15) is 57.1 Å². The van der Waals surface area contributed by atoms with E-state index in [9.17, 15) is 8.78 Å². The number of ether oxygens (including phenoxy) is 2. The Kier molecular flexibility index (Phi) is 3.59. The van der Waals surface area contributed by atoms with Gasteiger partial charge >= 0.3 is 0 Å². The van der Waals surface area contributed by atoms with Crippen molar-refractivity contribution >= 4 is 0 Å². The number of fused-ring (bicyclic) bond motifs is 1. The van der Waals surface area contributed by atoms with Crippen LogP contribution in [0.2, 0.25) is 0 Å². The molecule has 3 aliphatic rings. The fourth-order valence-corrected chi connectivity index (χ4v) is 5.77. The van der Waals surface area contributed by atoms with Crippen LogP contribution in [-0.2, 0) is 11.8 Å². The molecule has 0 saturated heterocycles. The summed E-state index contributed by atoms with van der Waals surface area (Å²) >= 11 is 0. The number of methoxy groups -OCH3 is 1. The summed E-state index contributed by atoms with van der Waals surface area (Å²) in [4.78, 5) is 0. The molecule has 4 rings (SSSR count). The molecule has 2 saturated carbocycles. The number of halogens is 2. The van der Waals surface area contributed by atoms with Crippen molar-refractivity contribution in [2.24, 2.45) is 11.8 Å². The minimum absolute atomic E-state index is 0.0633. The summed E-state index contributed by atoms with van der Waals surface area (Å²) < 4.78 is 41.3. The van der Waals surface area contributed by atoms with E-state index in [0.29, 0.717) is 23.8 Å². The van der Waals surface area contributed by atoms with E-state index in [1.54, 1.807) is 7.11 Å². The molecule has 24 heavy (non-hydrogen) atoms. The van der Waals surface area contributed by atoms with Gasteiger partial charge in [-0.15, -0.1) is 0 Å². The van der Waals surface area contributed by atoms with Crippen LogP contribution in [0.5, 0.6) is 11.5 Å². The first kappa shape index (κ1) is 16.2. The minimum Gasteiger partial charge on any atom is -0.493 e. The van der Waals surface area contributed by atoms with Crippen molar-refractivity contribution in [3.05, 3.63) is 23.3 Å². The van der Waals surface area contributed by atoms with Crippen LogP contribution < -0.4 is 9.47 Å². The molecule has 1 unspecified atom stereocenters. The molecule has 2 fully saturated rings. The Bertz CT molecular complexity index is 657. The van der Waals surface area contributed by atoms with Crippen LogP contribution in [0.4, 0.5) is 8.78 Å². The van der Waals surface area contributed by atoms with Gasteiger partial charge in [-0.2, -0.15) is 0 Å². The summed E-state index contributed by atoms with van der Waals surface area (Å²) in [6.45, 7) is 4.32. The van der Waals surface area contributed by atoms with Gasteiger partial charge in [0, 0.05) is 17.4 Å². The Morgan fingerprint density at radius 3 is 2.75 bits per heavy atom. The lowest BCUT2D eigenvalue weighted by Gasteiger charge is -2.53. The van der Waals surface area contributed by atoms with Crippen molar-refractivity contribution in [3.63, 3.8) is 0 Å². The number of alkyl halides is 2. The molecule has 0 aromatic heterocycles. The topological polar surface area (TPSA) is 18.5 Å². The van der Waals surface area contributed by atoms with Crippen LogP contribution in [-0.4, -0.2) is 19.1 Å². The molecule has 4 heteroatoms. The Balaban J connectivity index is 1.99. The van der Waals surface area contributed by atoms with Gasteiger partial charge in [0.05, 0.1) is 7.11 Å². The summed E-state index contributed by atoms with van der Waals surface area (Å²) in [5, 5.41) is 0. The fraction of sp³-hybridized carbons (Fsp3) is 0.700. The van der Waals surface area contributed by atoms with Gasteiger partial charge < -0.3 is 9.47 Å². The van der Waals surface area contributed by atoms with Gasteiger partial charge in [-0.25, -0.2) is 8.78 Å². The maximum Gasteiger partial charge on any atom is 0.285 e. The zero-order valence-corrected chi connectivity index (χ0v) is 14.7. The largest absolute Gasteiger partial charge is 0.493 e. The van der Waals surface area contributed by atoms with Crippen molar-refractivity contribution in [2.45, 2.75) is 69.8 Å². The third-order valence-electron chi connectivity index (χ3n) is 6.75. The molecule has 4 atom stereocenters. The smallest absolute Gasteiger partial charge is 0.285 e. The van der Waals surface area contributed by atoms with Crippen LogP contribution in [0, 0.1) is 11.8 Å². The predicted octanol–water partition coefficient (Wildman–Crippen LogP) is 5.12. The molecule has 0 bridgehead atoms. The van der Waals surface area contributed by atoms with Crippen molar-refractivity contribution in [2.75, 3.05) is 7.11 Å². The number of benzene rings is 1. The van der Waals surface area contributed by atoms with Gasteiger partial charge in [0.2, 0.25) is 0 Å². The van der Waals surface area contributed by atoms with E-state index in [-0.39, 0.29) is 12.3 Å². The monoisotopic (exact) mass is 336 g/mol. The van der Waals surface area contributed by atoms with Gasteiger partial charge in [-0.1, -0.05) is 32.8 Å². The van der Waals surface area contributed by atoms with E-state index in [0.717, 1.165) is 36.8 Å². The molecule has 0 radical (unpaired) electrons. The summed E-state index contributed by atoms with van der Waals surface area (Å²) in [7, 11) is 1.59. The molecule has 2 aliphatic carbocycles. The molecular formula is C20H26F2O2. The SMILES string of the molecule is CCc1ccc(OC)c2c1[C@@]13CCC[C@@H](C)C1CCC(F)(F)[C@H]3O2. The highest BCUT2D eigenvalue weighted by Gasteiger charge is 2.67. The lowest BCUT2D eigenvalue weighted by molar-refractivity contribution is -0.171. The summed E-state index contributed by atoms with van der Waals surface area (Å²) in [6.07, 6.45) is 3.24. The maximum absolute atomic E-state index is 14.9. The lowest BCUT2D eigenvalue weighted by Crippen LogP contribution is -2.60. The van der Waals surface area contributed by atoms with E-state index < -0.39 is 17.4 Å². The first-order valence-electron chi connectivity index (χ1n) is 9.20. The van der Waals surface area contributed by atoms with E-state index in [1.807, 2.05) is 12.1 Å². The number of rotatable bonds is 2. The summed E-state index contributed by atoms with van der Waals surface area (Å²) in [5.41, 5.74) is 1.63. The molecule has 1 aromatic rings.